The Morgan fingerprint density at radius 2 is 1.43 bits per heavy atom. The maximum atomic E-state index is 12.2. The highest BCUT2D eigenvalue weighted by atomic mass is 35.5. The molecule has 2 aromatic carbocycles. The standard InChI is InChI=1S/C19H21Cl2NO/c1-2-3-12-22-19(23)13-18(14-4-8-16(20)9-5-14)15-6-10-17(21)11-7-15/h4-11,18H,2-3,12-13H2,1H3,(H,22,23). The van der Waals surface area contributed by atoms with Crippen LogP contribution >= 0.6 is 23.2 Å². The van der Waals surface area contributed by atoms with E-state index in [2.05, 4.69) is 12.2 Å². The summed E-state index contributed by atoms with van der Waals surface area (Å²) in [4.78, 5) is 12.2. The zero-order chi connectivity index (χ0) is 16.7. The van der Waals surface area contributed by atoms with E-state index in [9.17, 15) is 4.79 Å². The van der Waals surface area contributed by atoms with Gasteiger partial charge in [-0.05, 0) is 41.8 Å². The average Bonchev–Trinajstić information content (AvgIpc) is 2.55. The van der Waals surface area contributed by atoms with Crippen molar-refractivity contribution < 1.29 is 4.79 Å². The van der Waals surface area contributed by atoms with Gasteiger partial charge in [-0.15, -0.1) is 0 Å². The molecule has 122 valence electrons. The minimum atomic E-state index is -0.00819. The average molecular weight is 350 g/mol. The van der Waals surface area contributed by atoms with Crippen LogP contribution in [0, 0.1) is 0 Å². The van der Waals surface area contributed by atoms with Gasteiger partial charge in [0.25, 0.3) is 0 Å². The van der Waals surface area contributed by atoms with Crippen LogP contribution in [0.2, 0.25) is 10.0 Å². The van der Waals surface area contributed by atoms with Crippen LogP contribution in [-0.2, 0) is 4.79 Å². The maximum Gasteiger partial charge on any atom is 0.220 e. The fourth-order valence-corrected chi connectivity index (χ4v) is 2.73. The van der Waals surface area contributed by atoms with Crippen molar-refractivity contribution in [2.75, 3.05) is 6.54 Å². The molecule has 4 heteroatoms. The summed E-state index contributed by atoms with van der Waals surface area (Å²) < 4.78 is 0. The van der Waals surface area contributed by atoms with E-state index in [0.29, 0.717) is 16.5 Å². The summed E-state index contributed by atoms with van der Waals surface area (Å²) in [5.41, 5.74) is 2.14. The molecule has 0 aliphatic heterocycles. The molecule has 0 aromatic heterocycles. The molecule has 0 saturated heterocycles. The second-order valence-electron chi connectivity index (χ2n) is 5.56. The Bertz CT molecular complexity index is 577. The molecule has 23 heavy (non-hydrogen) atoms. The zero-order valence-corrected chi connectivity index (χ0v) is 14.7. The number of benzene rings is 2. The highest BCUT2D eigenvalue weighted by Crippen LogP contribution is 2.29. The smallest absolute Gasteiger partial charge is 0.220 e. The van der Waals surface area contributed by atoms with Gasteiger partial charge in [0.15, 0.2) is 0 Å². The minimum Gasteiger partial charge on any atom is -0.356 e. The Labute approximate surface area is 147 Å². The van der Waals surface area contributed by atoms with E-state index in [1.165, 1.54) is 0 Å². The van der Waals surface area contributed by atoms with Crippen molar-refractivity contribution in [2.45, 2.75) is 32.1 Å². The van der Waals surface area contributed by atoms with Crippen LogP contribution in [0.3, 0.4) is 0 Å². The van der Waals surface area contributed by atoms with Crippen LogP contribution in [0.4, 0.5) is 0 Å². The molecule has 0 aliphatic rings. The van der Waals surface area contributed by atoms with Crippen molar-refractivity contribution in [1.82, 2.24) is 5.32 Å². The number of unbranched alkanes of at least 4 members (excludes halogenated alkanes) is 1. The Morgan fingerprint density at radius 1 is 0.957 bits per heavy atom. The van der Waals surface area contributed by atoms with Crippen molar-refractivity contribution in [1.29, 1.82) is 0 Å². The highest BCUT2D eigenvalue weighted by molar-refractivity contribution is 6.30. The lowest BCUT2D eigenvalue weighted by Gasteiger charge is -2.18. The van der Waals surface area contributed by atoms with Crippen LogP contribution in [0.25, 0.3) is 0 Å². The van der Waals surface area contributed by atoms with Crippen molar-refractivity contribution >= 4 is 29.1 Å². The lowest BCUT2D eigenvalue weighted by Crippen LogP contribution is -2.26. The monoisotopic (exact) mass is 349 g/mol. The van der Waals surface area contributed by atoms with E-state index in [1.54, 1.807) is 0 Å². The molecule has 0 radical (unpaired) electrons. The van der Waals surface area contributed by atoms with E-state index in [0.717, 1.165) is 30.5 Å². The summed E-state index contributed by atoms with van der Waals surface area (Å²) >= 11 is 12.0. The molecule has 2 rings (SSSR count). The van der Waals surface area contributed by atoms with Crippen molar-refractivity contribution in [3.63, 3.8) is 0 Å². The van der Waals surface area contributed by atoms with E-state index >= 15 is 0 Å². The van der Waals surface area contributed by atoms with Gasteiger partial charge in [0, 0.05) is 28.9 Å². The number of carbonyl (C=O) groups excluding carboxylic acids is 1. The van der Waals surface area contributed by atoms with Gasteiger partial charge >= 0.3 is 0 Å². The number of nitrogens with one attached hydrogen (secondary N) is 1. The summed E-state index contributed by atoms with van der Waals surface area (Å²) in [6.45, 7) is 2.83. The fourth-order valence-electron chi connectivity index (χ4n) is 2.48. The summed E-state index contributed by atoms with van der Waals surface area (Å²) in [6.07, 6.45) is 2.48. The topological polar surface area (TPSA) is 29.1 Å². The van der Waals surface area contributed by atoms with Gasteiger partial charge in [0.05, 0.1) is 0 Å². The second-order valence-corrected chi connectivity index (χ2v) is 6.44. The molecule has 0 bridgehead atoms. The Kier molecular flexibility index (Phi) is 6.94. The zero-order valence-electron chi connectivity index (χ0n) is 13.2. The van der Waals surface area contributed by atoms with E-state index < -0.39 is 0 Å². The third-order valence-electron chi connectivity index (χ3n) is 3.79. The van der Waals surface area contributed by atoms with E-state index in [1.807, 2.05) is 48.5 Å². The van der Waals surface area contributed by atoms with Crippen LogP contribution < -0.4 is 5.32 Å². The molecule has 1 N–H and O–H groups in total. The van der Waals surface area contributed by atoms with Crippen LogP contribution in [0.1, 0.15) is 43.2 Å². The molecule has 0 heterocycles. The molecular formula is C19H21Cl2NO. The van der Waals surface area contributed by atoms with Gasteiger partial charge in [-0.2, -0.15) is 0 Å². The van der Waals surface area contributed by atoms with E-state index in [4.69, 9.17) is 23.2 Å². The van der Waals surface area contributed by atoms with Crippen LogP contribution in [0.5, 0.6) is 0 Å². The molecule has 0 saturated carbocycles. The summed E-state index contributed by atoms with van der Waals surface area (Å²) in [5, 5.41) is 4.37. The fraction of sp³-hybridized carbons (Fsp3) is 0.316. The van der Waals surface area contributed by atoms with Crippen LogP contribution in [0.15, 0.2) is 48.5 Å². The number of amides is 1. The first kappa shape index (κ1) is 17.8. The SMILES string of the molecule is CCCCNC(=O)CC(c1ccc(Cl)cc1)c1ccc(Cl)cc1. The van der Waals surface area contributed by atoms with Crippen LogP contribution in [-0.4, -0.2) is 12.5 Å². The quantitative estimate of drug-likeness (QED) is 0.663. The molecule has 0 spiro atoms. The van der Waals surface area contributed by atoms with E-state index in [-0.39, 0.29) is 11.8 Å². The minimum absolute atomic E-state index is 0.00819. The largest absolute Gasteiger partial charge is 0.356 e. The molecule has 2 aromatic rings. The number of halogens is 2. The molecule has 0 atom stereocenters. The number of hydrogen-bond donors (Lipinski definition) is 1. The molecular weight excluding hydrogens is 329 g/mol. The molecule has 2 nitrogen and oxygen atoms in total. The van der Waals surface area contributed by atoms with Crippen molar-refractivity contribution in [3.05, 3.63) is 69.7 Å². The maximum absolute atomic E-state index is 12.2. The number of hydrogen-bond acceptors (Lipinski definition) is 1. The number of rotatable bonds is 7. The first-order valence-electron chi connectivity index (χ1n) is 7.87. The summed E-state index contributed by atoms with van der Waals surface area (Å²) in [7, 11) is 0. The van der Waals surface area contributed by atoms with Gasteiger partial charge < -0.3 is 5.32 Å². The normalized spacial score (nSPS) is 10.8. The van der Waals surface area contributed by atoms with Gasteiger partial charge in [0.2, 0.25) is 5.91 Å². The summed E-state index contributed by atoms with van der Waals surface area (Å²) in [6, 6.07) is 15.3. The second kappa shape index (κ2) is 8.95. The van der Waals surface area contributed by atoms with Gasteiger partial charge in [-0.1, -0.05) is 60.8 Å². The predicted molar refractivity (Wildman–Crippen MR) is 97.3 cm³/mol. The van der Waals surface area contributed by atoms with Gasteiger partial charge in [-0.3, -0.25) is 4.79 Å². The first-order valence-corrected chi connectivity index (χ1v) is 8.63. The predicted octanol–water partition coefficient (Wildman–Crippen LogP) is 5.43. The number of carbonyl (C=O) groups is 1. The van der Waals surface area contributed by atoms with Gasteiger partial charge in [-0.25, -0.2) is 0 Å². The summed E-state index contributed by atoms with van der Waals surface area (Å²) in [5.74, 6) is 0.0551. The first-order chi connectivity index (χ1) is 11.1. The Hall–Kier alpha value is -1.51. The highest BCUT2D eigenvalue weighted by Gasteiger charge is 2.18. The Balaban J connectivity index is 2.19. The lowest BCUT2D eigenvalue weighted by molar-refractivity contribution is -0.121. The molecule has 0 fully saturated rings. The third kappa shape index (κ3) is 5.56. The van der Waals surface area contributed by atoms with Crippen molar-refractivity contribution in [3.8, 4) is 0 Å². The molecule has 0 aliphatic carbocycles. The molecule has 1 amide bonds. The Morgan fingerprint density at radius 3 is 1.87 bits per heavy atom. The molecule has 0 unspecified atom stereocenters. The third-order valence-corrected chi connectivity index (χ3v) is 4.29. The van der Waals surface area contributed by atoms with Gasteiger partial charge in [0.1, 0.15) is 0 Å². The lowest BCUT2D eigenvalue weighted by atomic mass is 9.88. The van der Waals surface area contributed by atoms with Crippen molar-refractivity contribution in [2.24, 2.45) is 0 Å².